The van der Waals surface area contributed by atoms with Gasteiger partial charge in [0.1, 0.15) is 0 Å². The van der Waals surface area contributed by atoms with Crippen LogP contribution in [-0.2, 0) is 12.6 Å². The molecule has 58 valence electrons. The van der Waals surface area contributed by atoms with Crippen molar-refractivity contribution in [2.45, 2.75) is 5.82 Å². The molecule has 1 rings (SSSR count). The average Bonchev–Trinajstić information content (AvgIpc) is 2.06. The number of hydrogen-bond acceptors (Lipinski definition) is 1. The van der Waals surface area contributed by atoms with Gasteiger partial charge in [0.05, 0.1) is 0 Å². The zero-order chi connectivity index (χ0) is 8.10. The Bertz CT molecular complexity index is 246. The zero-order valence-corrected chi connectivity index (χ0v) is 9.81. The van der Waals surface area contributed by atoms with Crippen LogP contribution in [0, 0.1) is 0 Å². The van der Waals surface area contributed by atoms with Crippen molar-refractivity contribution in [2.24, 2.45) is 0 Å². The molecule has 0 spiro atoms. The topological polar surface area (TPSA) is 0 Å². The Morgan fingerprint density at radius 1 is 1.33 bits per heavy atom. The van der Waals surface area contributed by atoms with Gasteiger partial charge >= 0.3 is 98.0 Å². The van der Waals surface area contributed by atoms with Gasteiger partial charge in [0.15, 0.2) is 0 Å². The van der Waals surface area contributed by atoms with Crippen LogP contribution in [0.15, 0.2) is 34.1 Å². The zero-order valence-electron chi connectivity index (χ0n) is 7.28. The fraction of sp³-hybridized carbons (Fsp3) is 0.111. The van der Waals surface area contributed by atoms with Crippen LogP contribution in [-0.4, -0.2) is 15.0 Å². The summed E-state index contributed by atoms with van der Waals surface area (Å²) in [6.45, 7) is 0. The second kappa shape index (κ2) is 6.77. The van der Waals surface area contributed by atoms with E-state index in [1.165, 1.54) is 5.56 Å². The van der Waals surface area contributed by atoms with Crippen LogP contribution < -0.4 is 18.9 Å². The smallest absolute Gasteiger partial charge is 1.00 e. The molecular weight excluding hydrogens is 226 g/mol. The largest absolute Gasteiger partial charge is 1.00 e. The van der Waals surface area contributed by atoms with Gasteiger partial charge in [-0.2, -0.15) is 0 Å². The fourth-order valence-corrected chi connectivity index (χ4v) is 1.41. The van der Waals surface area contributed by atoms with E-state index in [-0.39, 0.29) is 18.9 Å². The molecule has 1 aromatic rings. The molecule has 0 aliphatic rings. The minimum atomic E-state index is 0. The minimum absolute atomic E-state index is 0. The Labute approximate surface area is 97.6 Å². The van der Waals surface area contributed by atoms with Crippen LogP contribution in [0.25, 0.3) is 6.08 Å². The van der Waals surface area contributed by atoms with Gasteiger partial charge in [-0.05, 0) is 0 Å². The molecule has 12 heavy (non-hydrogen) atoms. The first kappa shape index (κ1) is 12.3. The van der Waals surface area contributed by atoms with Gasteiger partial charge in [-0.3, -0.25) is 0 Å². The minimum Gasteiger partial charge on any atom is 1.00 e. The van der Waals surface area contributed by atoms with Gasteiger partial charge in [0.2, 0.25) is 0 Å². The quantitative estimate of drug-likeness (QED) is 0.482. The monoisotopic (exact) mass is 236 g/mol. The first-order chi connectivity index (χ1) is 5.33. The standard InChI is InChI=1S/C9H10SSe.Li/c1-11-9(10)7-8-5-3-2-4-6-8;/h2-7,10H,1H3;/q;+1/p-1/b9-7-;. The van der Waals surface area contributed by atoms with Crippen LogP contribution in [0.4, 0.5) is 0 Å². The van der Waals surface area contributed by atoms with Gasteiger partial charge in [-0.25, -0.2) is 0 Å². The van der Waals surface area contributed by atoms with Crippen molar-refractivity contribution in [1.82, 2.24) is 0 Å². The third kappa shape index (κ3) is 4.35. The van der Waals surface area contributed by atoms with Crippen molar-refractivity contribution in [1.29, 1.82) is 0 Å². The van der Waals surface area contributed by atoms with Gasteiger partial charge in [-0.15, -0.1) is 0 Å². The molecule has 0 nitrogen and oxygen atoms in total. The summed E-state index contributed by atoms with van der Waals surface area (Å²) in [5.41, 5.74) is 1.21. The maximum Gasteiger partial charge on any atom is 1.00 e. The van der Waals surface area contributed by atoms with Crippen molar-refractivity contribution in [2.75, 3.05) is 0 Å². The summed E-state index contributed by atoms with van der Waals surface area (Å²) in [6.07, 6.45) is 2.06. The maximum atomic E-state index is 5.11. The van der Waals surface area contributed by atoms with Gasteiger partial charge in [0, 0.05) is 0 Å². The van der Waals surface area contributed by atoms with E-state index in [0.29, 0.717) is 15.0 Å². The molecule has 0 saturated heterocycles. The van der Waals surface area contributed by atoms with E-state index in [9.17, 15) is 0 Å². The molecular formula is C9H9LiSSe. The third-order valence-electron chi connectivity index (χ3n) is 1.29. The van der Waals surface area contributed by atoms with Crippen molar-refractivity contribution in [3.05, 3.63) is 39.7 Å². The fourth-order valence-electron chi connectivity index (χ4n) is 0.744. The molecule has 0 aliphatic heterocycles. The Hall–Kier alpha value is 0.297. The third-order valence-corrected chi connectivity index (χ3v) is 3.36. The van der Waals surface area contributed by atoms with Crippen LogP contribution in [0.3, 0.4) is 0 Å². The molecule has 0 saturated carbocycles. The number of benzene rings is 1. The van der Waals surface area contributed by atoms with Crippen molar-refractivity contribution in [3.8, 4) is 0 Å². The van der Waals surface area contributed by atoms with Crippen molar-refractivity contribution in [3.63, 3.8) is 0 Å². The molecule has 0 aromatic heterocycles. The van der Waals surface area contributed by atoms with Gasteiger partial charge in [-0.1, -0.05) is 0 Å². The van der Waals surface area contributed by atoms with E-state index < -0.39 is 0 Å². The summed E-state index contributed by atoms with van der Waals surface area (Å²) in [5.74, 6) is 2.13. The first-order valence-electron chi connectivity index (χ1n) is 3.30. The summed E-state index contributed by atoms with van der Waals surface area (Å²) in [7, 11) is 0. The molecule has 0 amide bonds. The molecule has 0 atom stereocenters. The predicted octanol–water partition coefficient (Wildman–Crippen LogP) is -0.712. The molecule has 0 radical (unpaired) electrons. The van der Waals surface area contributed by atoms with E-state index >= 15 is 0 Å². The molecule has 1 aromatic carbocycles. The van der Waals surface area contributed by atoms with Crippen LogP contribution >= 0.6 is 0 Å². The summed E-state index contributed by atoms with van der Waals surface area (Å²) in [6, 6.07) is 10.2. The summed E-state index contributed by atoms with van der Waals surface area (Å²) >= 11 is 5.57. The van der Waals surface area contributed by atoms with Crippen LogP contribution in [0.2, 0.25) is 5.82 Å². The predicted molar refractivity (Wildman–Crippen MR) is 53.4 cm³/mol. The van der Waals surface area contributed by atoms with E-state index in [1.807, 2.05) is 18.2 Å². The van der Waals surface area contributed by atoms with E-state index in [2.05, 4.69) is 24.0 Å². The van der Waals surface area contributed by atoms with E-state index in [1.54, 1.807) is 0 Å². The second-order valence-electron chi connectivity index (χ2n) is 2.08. The maximum absolute atomic E-state index is 5.11. The van der Waals surface area contributed by atoms with Gasteiger partial charge in [0.25, 0.3) is 0 Å². The summed E-state index contributed by atoms with van der Waals surface area (Å²) in [5, 5.41) is 0. The van der Waals surface area contributed by atoms with Crippen LogP contribution in [0.1, 0.15) is 5.56 Å². The Kier molecular flexibility index (Phi) is 6.94. The first-order valence-corrected chi connectivity index (χ1v) is 6.28. The van der Waals surface area contributed by atoms with Crippen molar-refractivity contribution >= 4 is 33.7 Å². The van der Waals surface area contributed by atoms with E-state index in [4.69, 9.17) is 12.6 Å². The van der Waals surface area contributed by atoms with Crippen molar-refractivity contribution < 1.29 is 18.9 Å². The van der Waals surface area contributed by atoms with E-state index in [0.717, 1.165) is 3.80 Å². The van der Waals surface area contributed by atoms with Gasteiger partial charge < -0.3 is 0 Å². The Morgan fingerprint density at radius 2 is 1.92 bits per heavy atom. The molecule has 0 N–H and O–H groups in total. The average molecular weight is 235 g/mol. The summed E-state index contributed by atoms with van der Waals surface area (Å²) in [4.78, 5) is 0. The Morgan fingerprint density at radius 3 is 2.42 bits per heavy atom. The number of hydrogen-bond donors (Lipinski definition) is 0. The molecule has 0 unspecified atom stereocenters. The SMILES string of the molecule is C[Se]/C([S-])=C\c1ccccc1.[Li+]. The molecule has 0 aliphatic carbocycles. The second-order valence-corrected chi connectivity index (χ2v) is 4.88. The molecule has 0 heterocycles. The number of rotatable bonds is 2. The molecule has 0 fully saturated rings. The molecule has 3 heteroatoms. The van der Waals surface area contributed by atoms with Crippen LogP contribution in [0.5, 0.6) is 0 Å². The summed E-state index contributed by atoms with van der Waals surface area (Å²) < 4.78 is 1.07. The normalized spacial score (nSPS) is 10.6. The Balaban J connectivity index is 0.00000121. The molecule has 0 bridgehead atoms.